The van der Waals surface area contributed by atoms with Crippen molar-refractivity contribution in [2.24, 2.45) is 5.92 Å². The second-order valence-electron chi connectivity index (χ2n) is 6.19. The molecule has 6 heteroatoms. The summed E-state index contributed by atoms with van der Waals surface area (Å²) in [5.74, 6) is 1.61. The summed E-state index contributed by atoms with van der Waals surface area (Å²) >= 11 is 0. The maximum Gasteiger partial charge on any atom is 0.227 e. The van der Waals surface area contributed by atoms with Gasteiger partial charge in [0.25, 0.3) is 0 Å². The van der Waals surface area contributed by atoms with Gasteiger partial charge in [-0.2, -0.15) is 4.98 Å². The van der Waals surface area contributed by atoms with Crippen molar-refractivity contribution in [2.45, 2.75) is 51.5 Å². The summed E-state index contributed by atoms with van der Waals surface area (Å²) < 4.78 is 5.21. The molecule has 2 unspecified atom stereocenters. The van der Waals surface area contributed by atoms with E-state index >= 15 is 0 Å². The van der Waals surface area contributed by atoms with Crippen molar-refractivity contribution in [1.82, 2.24) is 20.4 Å². The van der Waals surface area contributed by atoms with Gasteiger partial charge in [0.05, 0.1) is 0 Å². The molecule has 23 heavy (non-hydrogen) atoms. The number of aromatic nitrogens is 3. The van der Waals surface area contributed by atoms with Gasteiger partial charge < -0.3 is 9.84 Å². The van der Waals surface area contributed by atoms with Gasteiger partial charge >= 0.3 is 0 Å². The molecule has 3 rings (SSSR count). The van der Waals surface area contributed by atoms with Gasteiger partial charge in [-0.1, -0.05) is 24.9 Å². The number of rotatable bonds is 5. The Morgan fingerprint density at radius 1 is 1.39 bits per heavy atom. The van der Waals surface area contributed by atoms with Gasteiger partial charge in [-0.3, -0.25) is 9.78 Å². The van der Waals surface area contributed by atoms with Crippen LogP contribution in [0.25, 0.3) is 11.4 Å². The van der Waals surface area contributed by atoms with Gasteiger partial charge in [0.15, 0.2) is 0 Å². The van der Waals surface area contributed by atoms with Crippen LogP contribution in [0, 0.1) is 5.92 Å². The minimum absolute atomic E-state index is 0.0601. The van der Waals surface area contributed by atoms with Crippen molar-refractivity contribution >= 4 is 5.91 Å². The van der Waals surface area contributed by atoms with Crippen LogP contribution >= 0.6 is 0 Å². The fraction of sp³-hybridized carbons (Fsp3) is 0.529. The summed E-state index contributed by atoms with van der Waals surface area (Å²) in [6.07, 6.45) is 8.97. The smallest absolute Gasteiger partial charge is 0.227 e. The Morgan fingerprint density at radius 3 is 3.04 bits per heavy atom. The van der Waals surface area contributed by atoms with Crippen LogP contribution in [0.5, 0.6) is 0 Å². The third-order valence-corrected chi connectivity index (χ3v) is 4.41. The molecule has 2 aromatic rings. The maximum absolute atomic E-state index is 12.1. The molecule has 0 bridgehead atoms. The summed E-state index contributed by atoms with van der Waals surface area (Å²) in [5, 5.41) is 7.07. The first-order valence-corrected chi connectivity index (χ1v) is 8.25. The molecule has 6 nitrogen and oxygen atoms in total. The van der Waals surface area contributed by atoms with E-state index in [-0.39, 0.29) is 5.91 Å². The second kappa shape index (κ2) is 7.35. The quantitative estimate of drug-likeness (QED) is 0.917. The van der Waals surface area contributed by atoms with Crippen LogP contribution in [0.4, 0.5) is 0 Å². The number of nitrogens with one attached hydrogen (secondary N) is 1. The van der Waals surface area contributed by atoms with E-state index in [1.54, 1.807) is 12.4 Å². The Balaban J connectivity index is 1.50. The molecule has 0 aliphatic heterocycles. The SMILES string of the molecule is CC1CCCCC1NC(=O)CCc1nc(-c2cccnc2)no1. The molecule has 0 spiro atoms. The number of nitrogens with zero attached hydrogens (tertiary/aromatic N) is 3. The monoisotopic (exact) mass is 314 g/mol. The van der Waals surface area contributed by atoms with Crippen molar-refractivity contribution < 1.29 is 9.32 Å². The van der Waals surface area contributed by atoms with E-state index in [9.17, 15) is 4.79 Å². The Hall–Kier alpha value is -2.24. The lowest BCUT2D eigenvalue weighted by Crippen LogP contribution is -2.41. The number of hydrogen-bond donors (Lipinski definition) is 1. The lowest BCUT2D eigenvalue weighted by atomic mass is 9.86. The first-order valence-electron chi connectivity index (χ1n) is 8.25. The molecule has 1 aliphatic carbocycles. The third-order valence-electron chi connectivity index (χ3n) is 4.41. The van der Waals surface area contributed by atoms with Crippen LogP contribution in [0.1, 0.15) is 44.9 Å². The summed E-state index contributed by atoms with van der Waals surface area (Å²) in [7, 11) is 0. The van der Waals surface area contributed by atoms with Gasteiger partial charge in [0, 0.05) is 36.8 Å². The summed E-state index contributed by atoms with van der Waals surface area (Å²) in [5.41, 5.74) is 0.808. The van der Waals surface area contributed by atoms with Crippen LogP contribution in [-0.2, 0) is 11.2 Å². The molecule has 1 amide bonds. The molecule has 1 fully saturated rings. The predicted molar refractivity (Wildman–Crippen MR) is 85.4 cm³/mol. The van der Waals surface area contributed by atoms with E-state index < -0.39 is 0 Å². The topological polar surface area (TPSA) is 80.9 Å². The predicted octanol–water partition coefficient (Wildman–Crippen LogP) is 2.76. The van der Waals surface area contributed by atoms with Crippen molar-refractivity contribution in [3.8, 4) is 11.4 Å². The van der Waals surface area contributed by atoms with Gasteiger partial charge in [-0.25, -0.2) is 0 Å². The average molecular weight is 314 g/mol. The zero-order chi connectivity index (χ0) is 16.1. The molecule has 1 N–H and O–H groups in total. The van der Waals surface area contributed by atoms with E-state index in [0.29, 0.717) is 36.5 Å². The second-order valence-corrected chi connectivity index (χ2v) is 6.19. The van der Waals surface area contributed by atoms with Crippen LogP contribution in [-0.4, -0.2) is 27.1 Å². The lowest BCUT2D eigenvalue weighted by molar-refractivity contribution is -0.122. The average Bonchev–Trinajstić information content (AvgIpc) is 3.05. The minimum atomic E-state index is 0.0601. The zero-order valence-electron chi connectivity index (χ0n) is 13.4. The van der Waals surface area contributed by atoms with Crippen molar-refractivity contribution in [1.29, 1.82) is 0 Å². The Labute approximate surface area is 135 Å². The first-order chi connectivity index (χ1) is 11.2. The third kappa shape index (κ3) is 4.15. The Kier molecular flexibility index (Phi) is 5.00. The van der Waals surface area contributed by atoms with Crippen LogP contribution in [0.15, 0.2) is 29.0 Å². The van der Waals surface area contributed by atoms with E-state index in [2.05, 4.69) is 27.4 Å². The molecular weight excluding hydrogens is 292 g/mol. The molecule has 0 saturated heterocycles. The lowest BCUT2D eigenvalue weighted by Gasteiger charge is -2.29. The van der Waals surface area contributed by atoms with Crippen LogP contribution in [0.2, 0.25) is 0 Å². The van der Waals surface area contributed by atoms with Crippen LogP contribution < -0.4 is 5.32 Å². The van der Waals surface area contributed by atoms with E-state index in [4.69, 9.17) is 4.52 Å². The first kappa shape index (κ1) is 15.6. The van der Waals surface area contributed by atoms with Gasteiger partial charge in [-0.05, 0) is 30.9 Å². The van der Waals surface area contributed by atoms with Gasteiger partial charge in [-0.15, -0.1) is 0 Å². The van der Waals surface area contributed by atoms with Crippen molar-refractivity contribution in [3.05, 3.63) is 30.4 Å². The van der Waals surface area contributed by atoms with E-state index in [1.807, 2.05) is 12.1 Å². The molecule has 2 atom stereocenters. The summed E-state index contributed by atoms with van der Waals surface area (Å²) in [6.45, 7) is 2.21. The van der Waals surface area contributed by atoms with Crippen molar-refractivity contribution in [3.63, 3.8) is 0 Å². The fourth-order valence-electron chi connectivity index (χ4n) is 3.00. The molecule has 1 aliphatic rings. The normalized spacial score (nSPS) is 21.1. The fourth-order valence-corrected chi connectivity index (χ4v) is 3.00. The number of carbonyl (C=O) groups excluding carboxylic acids is 1. The number of aryl methyl sites for hydroxylation is 1. The molecular formula is C17H22N4O2. The minimum Gasteiger partial charge on any atom is -0.353 e. The zero-order valence-corrected chi connectivity index (χ0v) is 13.4. The van der Waals surface area contributed by atoms with Gasteiger partial charge in [0.2, 0.25) is 17.6 Å². The van der Waals surface area contributed by atoms with Crippen LogP contribution in [0.3, 0.4) is 0 Å². The molecule has 2 aromatic heterocycles. The molecule has 0 radical (unpaired) electrons. The molecule has 2 heterocycles. The Morgan fingerprint density at radius 2 is 2.26 bits per heavy atom. The summed E-state index contributed by atoms with van der Waals surface area (Å²) in [6, 6.07) is 4.01. The molecule has 122 valence electrons. The maximum atomic E-state index is 12.1. The standard InChI is InChI=1S/C17H22N4O2/c1-12-5-2-3-7-14(12)19-15(22)8-9-16-20-17(21-23-16)13-6-4-10-18-11-13/h4,6,10-12,14H,2-3,5,7-9H2,1H3,(H,19,22). The highest BCUT2D eigenvalue weighted by molar-refractivity contribution is 5.76. The number of carbonyl (C=O) groups is 1. The molecule has 1 saturated carbocycles. The largest absolute Gasteiger partial charge is 0.353 e. The van der Waals surface area contributed by atoms with E-state index in [1.165, 1.54) is 19.3 Å². The van der Waals surface area contributed by atoms with Gasteiger partial charge in [0.1, 0.15) is 0 Å². The highest BCUT2D eigenvalue weighted by Crippen LogP contribution is 2.23. The van der Waals surface area contributed by atoms with E-state index in [0.717, 1.165) is 12.0 Å². The van der Waals surface area contributed by atoms with Crippen molar-refractivity contribution in [2.75, 3.05) is 0 Å². The highest BCUT2D eigenvalue weighted by Gasteiger charge is 2.22. The highest BCUT2D eigenvalue weighted by atomic mass is 16.5. The summed E-state index contributed by atoms with van der Waals surface area (Å²) in [4.78, 5) is 20.4. The Bertz CT molecular complexity index is 641. The number of hydrogen-bond acceptors (Lipinski definition) is 5. The number of amides is 1. The molecule has 0 aromatic carbocycles. The number of pyridine rings is 1.